The fourth-order valence-corrected chi connectivity index (χ4v) is 3.50. The molecule has 0 aromatic carbocycles. The second kappa shape index (κ2) is 11.0. The van der Waals surface area contributed by atoms with Crippen molar-refractivity contribution in [2.75, 3.05) is 56.1 Å². The number of ether oxygens (including phenoxy) is 1. The van der Waals surface area contributed by atoms with Gasteiger partial charge in [-0.2, -0.15) is 0 Å². The number of halogens is 2. The third-order valence-electron chi connectivity index (χ3n) is 4.65. The lowest BCUT2D eigenvalue weighted by Crippen LogP contribution is -2.52. The van der Waals surface area contributed by atoms with Gasteiger partial charge in [0.1, 0.15) is 11.6 Å². The zero-order chi connectivity index (χ0) is 22.2. The number of rotatable bonds is 7. The number of nitrogens with one attached hydrogen (secondary N) is 2. The summed E-state index contributed by atoms with van der Waals surface area (Å²) in [5.41, 5.74) is 0.423. The van der Waals surface area contributed by atoms with Crippen LogP contribution in [0.1, 0.15) is 17.3 Å². The van der Waals surface area contributed by atoms with E-state index in [0.29, 0.717) is 67.3 Å². The fraction of sp³-hybridized carbons (Fsp3) is 0.400. The highest BCUT2D eigenvalue weighted by molar-refractivity contribution is 6.35. The van der Waals surface area contributed by atoms with Crippen LogP contribution in [0, 0.1) is 0 Å². The summed E-state index contributed by atoms with van der Waals surface area (Å²) in [6, 6.07) is 4.98. The van der Waals surface area contributed by atoms with Crippen LogP contribution in [0.5, 0.6) is 0 Å². The minimum Gasteiger partial charge on any atom is -0.462 e. The van der Waals surface area contributed by atoms with Crippen LogP contribution < -0.4 is 15.5 Å². The van der Waals surface area contributed by atoms with Crippen molar-refractivity contribution in [1.82, 2.24) is 20.2 Å². The Morgan fingerprint density at radius 2 is 1.87 bits per heavy atom. The molecule has 1 aliphatic heterocycles. The number of urea groups is 1. The number of carbonyl (C=O) groups is 2. The quantitative estimate of drug-likeness (QED) is 0.477. The minimum atomic E-state index is -0.383. The first-order chi connectivity index (χ1) is 15.0. The van der Waals surface area contributed by atoms with E-state index in [1.165, 1.54) is 12.4 Å². The van der Waals surface area contributed by atoms with Crippen molar-refractivity contribution in [2.24, 2.45) is 0 Å². The maximum Gasteiger partial charge on any atom is 0.339 e. The molecule has 1 aliphatic rings. The van der Waals surface area contributed by atoms with Crippen LogP contribution in [0.3, 0.4) is 0 Å². The van der Waals surface area contributed by atoms with Gasteiger partial charge in [0.15, 0.2) is 0 Å². The van der Waals surface area contributed by atoms with E-state index in [-0.39, 0.29) is 12.0 Å². The maximum absolute atomic E-state index is 12.4. The molecule has 31 heavy (non-hydrogen) atoms. The topological polar surface area (TPSA) is 99.7 Å². The number of hydrogen-bond acceptors (Lipinski definition) is 7. The Hall–Kier alpha value is -2.78. The van der Waals surface area contributed by atoms with Crippen LogP contribution in [-0.2, 0) is 4.74 Å². The van der Waals surface area contributed by atoms with Gasteiger partial charge in [0, 0.05) is 51.7 Å². The molecular weight excluding hydrogens is 443 g/mol. The van der Waals surface area contributed by atoms with E-state index in [1.54, 1.807) is 30.0 Å². The summed E-state index contributed by atoms with van der Waals surface area (Å²) in [4.78, 5) is 36.4. The molecule has 166 valence electrons. The van der Waals surface area contributed by atoms with Crippen LogP contribution in [-0.4, -0.2) is 72.7 Å². The first-order valence-electron chi connectivity index (χ1n) is 9.93. The molecule has 3 rings (SSSR count). The summed E-state index contributed by atoms with van der Waals surface area (Å²) in [6.45, 7) is 5.46. The Labute approximate surface area is 190 Å². The summed E-state index contributed by atoms with van der Waals surface area (Å²) >= 11 is 11.9. The van der Waals surface area contributed by atoms with Crippen molar-refractivity contribution in [2.45, 2.75) is 6.92 Å². The molecule has 2 N–H and O–H groups in total. The van der Waals surface area contributed by atoms with E-state index in [4.69, 9.17) is 27.9 Å². The minimum absolute atomic E-state index is 0.123. The third kappa shape index (κ3) is 6.35. The van der Waals surface area contributed by atoms with Crippen LogP contribution >= 0.6 is 23.2 Å². The molecule has 0 saturated carbocycles. The van der Waals surface area contributed by atoms with Crippen molar-refractivity contribution >= 4 is 46.8 Å². The van der Waals surface area contributed by atoms with Gasteiger partial charge in [-0.25, -0.2) is 19.6 Å². The van der Waals surface area contributed by atoms with Crippen molar-refractivity contribution in [3.05, 3.63) is 46.2 Å². The van der Waals surface area contributed by atoms with Gasteiger partial charge in [0.25, 0.3) is 0 Å². The SMILES string of the molecule is CCOC(=O)c1ccc(N2CCN(C(=O)NCCNc3ncc(Cl)cc3Cl)CC2)nc1. The fourth-order valence-electron chi connectivity index (χ4n) is 3.05. The second-order valence-corrected chi connectivity index (χ2v) is 7.59. The van der Waals surface area contributed by atoms with E-state index >= 15 is 0 Å². The molecule has 2 amide bonds. The molecule has 0 atom stereocenters. The van der Waals surface area contributed by atoms with E-state index in [0.717, 1.165) is 5.82 Å². The van der Waals surface area contributed by atoms with Crippen LogP contribution in [0.2, 0.25) is 10.0 Å². The largest absolute Gasteiger partial charge is 0.462 e. The molecule has 2 aromatic heterocycles. The molecule has 3 heterocycles. The van der Waals surface area contributed by atoms with Gasteiger partial charge < -0.3 is 25.2 Å². The summed E-state index contributed by atoms with van der Waals surface area (Å²) in [6.07, 6.45) is 3.02. The standard InChI is InChI=1S/C20H24Cl2N6O3/c1-2-31-19(29)14-3-4-17(25-12-14)27-7-9-28(10-8-27)20(30)24-6-5-23-18-16(22)11-15(21)13-26-18/h3-4,11-13H,2,5-10H2,1H3,(H,23,26)(H,24,30). The summed E-state index contributed by atoms with van der Waals surface area (Å²) in [7, 11) is 0. The molecule has 1 saturated heterocycles. The number of esters is 1. The average molecular weight is 467 g/mol. The Morgan fingerprint density at radius 1 is 1.10 bits per heavy atom. The van der Waals surface area contributed by atoms with E-state index in [1.807, 2.05) is 0 Å². The van der Waals surface area contributed by atoms with Gasteiger partial charge in [0.05, 0.1) is 22.2 Å². The molecule has 9 nitrogen and oxygen atoms in total. The van der Waals surface area contributed by atoms with E-state index in [2.05, 4.69) is 25.5 Å². The van der Waals surface area contributed by atoms with Crippen molar-refractivity contribution in [3.63, 3.8) is 0 Å². The number of hydrogen-bond donors (Lipinski definition) is 2. The molecule has 11 heteroatoms. The Kier molecular flexibility index (Phi) is 8.13. The lowest BCUT2D eigenvalue weighted by Gasteiger charge is -2.35. The number of amides is 2. The normalized spacial score (nSPS) is 13.6. The first kappa shape index (κ1) is 22.9. The van der Waals surface area contributed by atoms with Gasteiger partial charge in [-0.3, -0.25) is 0 Å². The van der Waals surface area contributed by atoms with E-state index < -0.39 is 0 Å². The average Bonchev–Trinajstić information content (AvgIpc) is 2.78. The molecule has 0 spiro atoms. The predicted octanol–water partition coefficient (Wildman–Crippen LogP) is 2.90. The number of nitrogens with zero attached hydrogens (tertiary/aromatic N) is 4. The lowest BCUT2D eigenvalue weighted by molar-refractivity contribution is 0.0526. The first-order valence-corrected chi connectivity index (χ1v) is 10.7. The molecule has 0 radical (unpaired) electrons. The predicted molar refractivity (Wildman–Crippen MR) is 120 cm³/mol. The van der Waals surface area contributed by atoms with Crippen molar-refractivity contribution in [1.29, 1.82) is 0 Å². The molecule has 2 aromatic rings. The van der Waals surface area contributed by atoms with Crippen LogP contribution in [0.25, 0.3) is 0 Å². The number of anilines is 2. The van der Waals surface area contributed by atoms with Crippen LogP contribution in [0.4, 0.5) is 16.4 Å². The third-order valence-corrected chi connectivity index (χ3v) is 5.15. The molecule has 0 bridgehead atoms. The van der Waals surface area contributed by atoms with Gasteiger partial charge in [-0.05, 0) is 25.1 Å². The zero-order valence-electron chi connectivity index (χ0n) is 17.1. The van der Waals surface area contributed by atoms with Gasteiger partial charge in [0.2, 0.25) is 0 Å². The summed E-state index contributed by atoms with van der Waals surface area (Å²) in [5.74, 6) is 0.909. The monoisotopic (exact) mass is 466 g/mol. The Morgan fingerprint density at radius 3 is 2.52 bits per heavy atom. The van der Waals surface area contributed by atoms with Gasteiger partial charge >= 0.3 is 12.0 Å². The number of piperazine rings is 1. The highest BCUT2D eigenvalue weighted by Crippen LogP contribution is 2.22. The Bertz CT molecular complexity index is 904. The molecule has 0 aliphatic carbocycles. The van der Waals surface area contributed by atoms with Crippen molar-refractivity contribution in [3.8, 4) is 0 Å². The van der Waals surface area contributed by atoms with Gasteiger partial charge in [-0.15, -0.1) is 0 Å². The smallest absolute Gasteiger partial charge is 0.339 e. The molecular formula is C20H24Cl2N6O3. The highest BCUT2D eigenvalue weighted by atomic mass is 35.5. The maximum atomic E-state index is 12.4. The Balaban J connectivity index is 1.39. The second-order valence-electron chi connectivity index (χ2n) is 6.74. The van der Waals surface area contributed by atoms with Crippen molar-refractivity contribution < 1.29 is 14.3 Å². The number of carbonyl (C=O) groups excluding carboxylic acids is 2. The van der Waals surface area contributed by atoms with E-state index in [9.17, 15) is 9.59 Å². The number of aromatic nitrogens is 2. The lowest BCUT2D eigenvalue weighted by atomic mass is 10.2. The van der Waals surface area contributed by atoms with Crippen LogP contribution in [0.15, 0.2) is 30.6 Å². The summed E-state index contributed by atoms with van der Waals surface area (Å²) < 4.78 is 4.97. The zero-order valence-corrected chi connectivity index (χ0v) is 18.6. The van der Waals surface area contributed by atoms with Gasteiger partial charge in [-0.1, -0.05) is 23.2 Å². The highest BCUT2D eigenvalue weighted by Gasteiger charge is 2.22. The molecule has 0 unspecified atom stereocenters. The summed E-state index contributed by atoms with van der Waals surface area (Å²) in [5, 5.41) is 6.84. The number of pyridine rings is 2. The molecule has 1 fully saturated rings.